The first-order valence-corrected chi connectivity index (χ1v) is 7.14. The molecule has 1 aromatic heterocycles. The van der Waals surface area contributed by atoms with Crippen LogP contribution >= 0.6 is 11.6 Å². The van der Waals surface area contributed by atoms with E-state index in [1.54, 1.807) is 6.33 Å². The van der Waals surface area contributed by atoms with Crippen LogP contribution < -0.4 is 9.64 Å². The van der Waals surface area contributed by atoms with Crippen molar-refractivity contribution >= 4 is 17.4 Å². The maximum absolute atomic E-state index is 6.38. The number of aromatic nitrogens is 2. The standard InChI is InChI=1S/C13H18ClN3O/c14-11-12(17-7-3-4-8-17)15-9-16-13(11)18-10-5-1-2-6-10/h9-10H,1-8H2. The van der Waals surface area contributed by atoms with Gasteiger partial charge in [0.05, 0.1) is 0 Å². The summed E-state index contributed by atoms with van der Waals surface area (Å²) in [5.41, 5.74) is 0. The van der Waals surface area contributed by atoms with Gasteiger partial charge >= 0.3 is 0 Å². The second-order valence-corrected chi connectivity index (χ2v) is 5.41. The third kappa shape index (κ3) is 2.39. The Morgan fingerprint density at radius 3 is 2.56 bits per heavy atom. The average Bonchev–Trinajstić information content (AvgIpc) is 3.04. The zero-order valence-electron chi connectivity index (χ0n) is 10.4. The molecule has 1 aliphatic carbocycles. The molecule has 0 aromatic carbocycles. The average molecular weight is 268 g/mol. The van der Waals surface area contributed by atoms with Crippen molar-refractivity contribution in [3.05, 3.63) is 11.3 Å². The van der Waals surface area contributed by atoms with Crippen LogP contribution in [0.3, 0.4) is 0 Å². The summed E-state index contributed by atoms with van der Waals surface area (Å²) in [6.07, 6.45) is 8.96. The Morgan fingerprint density at radius 1 is 1.11 bits per heavy atom. The van der Waals surface area contributed by atoms with Crippen molar-refractivity contribution in [1.82, 2.24) is 9.97 Å². The Kier molecular flexibility index (Phi) is 3.55. The normalized spacial score (nSPS) is 20.6. The Morgan fingerprint density at radius 2 is 1.83 bits per heavy atom. The van der Waals surface area contributed by atoms with Crippen molar-refractivity contribution in [2.24, 2.45) is 0 Å². The third-order valence-electron chi connectivity index (χ3n) is 3.73. The number of ether oxygens (including phenoxy) is 1. The van der Waals surface area contributed by atoms with Crippen molar-refractivity contribution in [1.29, 1.82) is 0 Å². The molecule has 3 rings (SSSR count). The smallest absolute Gasteiger partial charge is 0.238 e. The van der Waals surface area contributed by atoms with E-state index in [-0.39, 0.29) is 6.10 Å². The first-order chi connectivity index (χ1) is 8.84. The fourth-order valence-electron chi connectivity index (χ4n) is 2.74. The van der Waals surface area contributed by atoms with Crippen molar-refractivity contribution in [2.75, 3.05) is 18.0 Å². The lowest BCUT2D eigenvalue weighted by molar-refractivity contribution is 0.201. The molecule has 1 aliphatic heterocycles. The van der Waals surface area contributed by atoms with E-state index < -0.39 is 0 Å². The number of anilines is 1. The van der Waals surface area contributed by atoms with Crippen LogP contribution in [0.15, 0.2) is 6.33 Å². The summed E-state index contributed by atoms with van der Waals surface area (Å²) in [7, 11) is 0. The van der Waals surface area contributed by atoms with Crippen LogP contribution in [0.1, 0.15) is 38.5 Å². The van der Waals surface area contributed by atoms with E-state index in [2.05, 4.69) is 14.9 Å². The predicted octanol–water partition coefficient (Wildman–Crippen LogP) is 3.05. The van der Waals surface area contributed by atoms with E-state index in [4.69, 9.17) is 16.3 Å². The molecule has 0 radical (unpaired) electrons. The minimum Gasteiger partial charge on any atom is -0.473 e. The SMILES string of the molecule is Clc1c(OC2CCCC2)ncnc1N1CCCC1. The second-order valence-electron chi connectivity index (χ2n) is 5.03. The fourth-order valence-corrected chi connectivity index (χ4v) is 3.00. The van der Waals surface area contributed by atoms with Gasteiger partial charge in [0, 0.05) is 13.1 Å². The monoisotopic (exact) mass is 267 g/mol. The summed E-state index contributed by atoms with van der Waals surface area (Å²) in [4.78, 5) is 10.7. The van der Waals surface area contributed by atoms with E-state index in [1.807, 2.05) is 0 Å². The lowest BCUT2D eigenvalue weighted by atomic mass is 10.3. The summed E-state index contributed by atoms with van der Waals surface area (Å²) < 4.78 is 5.90. The predicted molar refractivity (Wildman–Crippen MR) is 71.4 cm³/mol. The third-order valence-corrected chi connectivity index (χ3v) is 4.06. The summed E-state index contributed by atoms with van der Waals surface area (Å²) in [5, 5.41) is 0.575. The lowest BCUT2D eigenvalue weighted by Crippen LogP contribution is -2.20. The zero-order valence-corrected chi connectivity index (χ0v) is 11.2. The Balaban J connectivity index is 1.79. The van der Waals surface area contributed by atoms with Crippen LogP contribution in [0.25, 0.3) is 0 Å². The second kappa shape index (κ2) is 5.31. The summed E-state index contributed by atoms with van der Waals surface area (Å²) in [5.74, 6) is 1.39. The molecule has 5 heteroatoms. The topological polar surface area (TPSA) is 38.3 Å². The molecule has 0 spiro atoms. The van der Waals surface area contributed by atoms with Gasteiger partial charge in [-0.3, -0.25) is 0 Å². The Hall–Kier alpha value is -1.03. The zero-order chi connectivity index (χ0) is 12.4. The molecule has 0 atom stereocenters. The molecule has 2 aliphatic rings. The van der Waals surface area contributed by atoms with Gasteiger partial charge in [0.15, 0.2) is 5.82 Å². The highest BCUT2D eigenvalue weighted by molar-refractivity contribution is 6.34. The molecule has 2 fully saturated rings. The summed E-state index contributed by atoms with van der Waals surface area (Å²) in [6, 6.07) is 0. The van der Waals surface area contributed by atoms with Crippen molar-refractivity contribution in [3.8, 4) is 5.88 Å². The molecular formula is C13H18ClN3O. The van der Waals surface area contributed by atoms with E-state index >= 15 is 0 Å². The molecule has 98 valence electrons. The van der Waals surface area contributed by atoms with Crippen molar-refractivity contribution in [3.63, 3.8) is 0 Å². The van der Waals surface area contributed by atoms with E-state index in [0.29, 0.717) is 10.9 Å². The van der Waals surface area contributed by atoms with Gasteiger partial charge in [0.25, 0.3) is 0 Å². The number of nitrogens with zero attached hydrogens (tertiary/aromatic N) is 3. The highest BCUT2D eigenvalue weighted by Gasteiger charge is 2.23. The van der Waals surface area contributed by atoms with Crippen LogP contribution in [0.5, 0.6) is 5.88 Å². The maximum Gasteiger partial charge on any atom is 0.238 e. The molecule has 18 heavy (non-hydrogen) atoms. The van der Waals surface area contributed by atoms with Crippen LogP contribution in [0.4, 0.5) is 5.82 Å². The van der Waals surface area contributed by atoms with Crippen LogP contribution in [0.2, 0.25) is 5.02 Å². The molecular weight excluding hydrogens is 250 g/mol. The van der Waals surface area contributed by atoms with Gasteiger partial charge in [-0.2, -0.15) is 0 Å². The maximum atomic E-state index is 6.38. The largest absolute Gasteiger partial charge is 0.473 e. The molecule has 4 nitrogen and oxygen atoms in total. The lowest BCUT2D eigenvalue weighted by Gasteiger charge is -2.19. The number of hydrogen-bond donors (Lipinski definition) is 0. The molecule has 1 saturated carbocycles. The van der Waals surface area contributed by atoms with Gasteiger partial charge in [-0.25, -0.2) is 9.97 Å². The van der Waals surface area contributed by atoms with Crippen LogP contribution in [-0.2, 0) is 0 Å². The molecule has 0 amide bonds. The first-order valence-electron chi connectivity index (χ1n) is 6.76. The van der Waals surface area contributed by atoms with E-state index in [1.165, 1.54) is 25.7 Å². The van der Waals surface area contributed by atoms with Crippen LogP contribution in [-0.4, -0.2) is 29.2 Å². The van der Waals surface area contributed by atoms with E-state index in [0.717, 1.165) is 31.7 Å². The van der Waals surface area contributed by atoms with Gasteiger partial charge in [-0.05, 0) is 38.5 Å². The first kappa shape index (κ1) is 12.0. The molecule has 0 N–H and O–H groups in total. The van der Waals surface area contributed by atoms with Gasteiger partial charge in [-0.1, -0.05) is 11.6 Å². The quantitative estimate of drug-likeness (QED) is 0.844. The number of rotatable bonds is 3. The summed E-state index contributed by atoms with van der Waals surface area (Å²) in [6.45, 7) is 2.05. The van der Waals surface area contributed by atoms with Gasteiger partial charge in [0.1, 0.15) is 17.5 Å². The number of halogens is 1. The highest BCUT2D eigenvalue weighted by Crippen LogP contribution is 2.34. The fraction of sp³-hybridized carbons (Fsp3) is 0.692. The highest BCUT2D eigenvalue weighted by atomic mass is 35.5. The Bertz CT molecular complexity index is 415. The molecule has 1 saturated heterocycles. The van der Waals surface area contributed by atoms with Crippen molar-refractivity contribution < 1.29 is 4.74 Å². The number of hydrogen-bond acceptors (Lipinski definition) is 4. The molecule has 0 unspecified atom stereocenters. The molecule has 1 aromatic rings. The minimum atomic E-state index is 0.281. The van der Waals surface area contributed by atoms with Crippen molar-refractivity contribution in [2.45, 2.75) is 44.6 Å². The van der Waals surface area contributed by atoms with Crippen LogP contribution in [0, 0.1) is 0 Å². The Labute approximate surface area is 112 Å². The van der Waals surface area contributed by atoms with E-state index in [9.17, 15) is 0 Å². The molecule has 2 heterocycles. The van der Waals surface area contributed by atoms with Gasteiger partial charge in [-0.15, -0.1) is 0 Å². The molecule has 0 bridgehead atoms. The van der Waals surface area contributed by atoms with Gasteiger partial charge in [0.2, 0.25) is 5.88 Å². The van der Waals surface area contributed by atoms with Gasteiger partial charge < -0.3 is 9.64 Å². The minimum absolute atomic E-state index is 0.281. The summed E-state index contributed by atoms with van der Waals surface area (Å²) >= 11 is 6.38.